The van der Waals surface area contributed by atoms with Crippen molar-refractivity contribution < 1.29 is 22.7 Å². The number of benzene rings is 3. The average Bonchev–Trinajstić information content (AvgIpc) is 2.77. The average molecular weight is 474 g/mol. The molecule has 0 heterocycles. The number of hydrazine groups is 1. The van der Waals surface area contributed by atoms with Crippen LogP contribution < -0.4 is 20.3 Å². The van der Waals surface area contributed by atoms with E-state index in [1.807, 2.05) is 13.0 Å². The number of amides is 2. The largest absolute Gasteiger partial charge is 0.495 e. The van der Waals surface area contributed by atoms with Crippen LogP contribution in [-0.2, 0) is 10.0 Å². The number of aryl methyl sites for hydroxylation is 1. The van der Waals surface area contributed by atoms with E-state index in [0.717, 1.165) is 11.6 Å². The summed E-state index contributed by atoms with van der Waals surface area (Å²) in [5.74, 6) is -0.905. The second kappa shape index (κ2) is 9.71. The first-order valence-corrected chi connectivity index (χ1v) is 11.2. The van der Waals surface area contributed by atoms with Crippen LogP contribution in [0.1, 0.15) is 26.3 Å². The zero-order chi connectivity index (χ0) is 23.3. The van der Waals surface area contributed by atoms with Gasteiger partial charge in [0.05, 0.1) is 17.8 Å². The monoisotopic (exact) mass is 473 g/mol. The van der Waals surface area contributed by atoms with Crippen LogP contribution in [0.5, 0.6) is 5.75 Å². The van der Waals surface area contributed by atoms with Gasteiger partial charge in [-0.05, 0) is 49.4 Å². The Morgan fingerprint density at radius 3 is 2.19 bits per heavy atom. The highest BCUT2D eigenvalue weighted by Crippen LogP contribution is 2.29. The molecule has 2 amide bonds. The number of methoxy groups -OCH3 is 1. The molecule has 3 aromatic carbocycles. The van der Waals surface area contributed by atoms with E-state index in [-0.39, 0.29) is 21.2 Å². The Bertz CT molecular complexity index is 1280. The SMILES string of the molecule is COc1ccccc1NS(=O)(=O)c1cc(C(=O)NNC(=O)c2cccc(C)c2)ccc1Cl. The molecule has 0 atom stereocenters. The maximum atomic E-state index is 12.9. The van der Waals surface area contributed by atoms with Gasteiger partial charge in [-0.2, -0.15) is 0 Å². The van der Waals surface area contributed by atoms with E-state index in [9.17, 15) is 18.0 Å². The van der Waals surface area contributed by atoms with Gasteiger partial charge in [-0.3, -0.25) is 25.2 Å². The van der Waals surface area contributed by atoms with Crippen molar-refractivity contribution in [2.75, 3.05) is 11.8 Å². The minimum atomic E-state index is -4.14. The van der Waals surface area contributed by atoms with Gasteiger partial charge in [0.15, 0.2) is 0 Å². The van der Waals surface area contributed by atoms with Gasteiger partial charge in [0.1, 0.15) is 10.6 Å². The molecule has 8 nitrogen and oxygen atoms in total. The fourth-order valence-electron chi connectivity index (χ4n) is 2.82. The number of para-hydroxylation sites is 2. The highest BCUT2D eigenvalue weighted by molar-refractivity contribution is 7.92. The number of carbonyl (C=O) groups excluding carboxylic acids is 2. The molecule has 0 aliphatic heterocycles. The van der Waals surface area contributed by atoms with E-state index >= 15 is 0 Å². The molecule has 3 rings (SSSR count). The predicted octanol–water partition coefficient (Wildman–Crippen LogP) is 3.53. The highest BCUT2D eigenvalue weighted by atomic mass is 35.5. The molecule has 0 spiro atoms. The zero-order valence-electron chi connectivity index (χ0n) is 17.2. The Morgan fingerprint density at radius 2 is 1.53 bits per heavy atom. The van der Waals surface area contributed by atoms with Crippen molar-refractivity contribution in [3.63, 3.8) is 0 Å². The highest BCUT2D eigenvalue weighted by Gasteiger charge is 2.22. The Hall–Kier alpha value is -3.56. The van der Waals surface area contributed by atoms with Gasteiger partial charge < -0.3 is 4.74 Å². The van der Waals surface area contributed by atoms with Crippen LogP contribution in [0.2, 0.25) is 5.02 Å². The summed E-state index contributed by atoms with van der Waals surface area (Å²) in [6.07, 6.45) is 0. The minimum Gasteiger partial charge on any atom is -0.495 e. The number of carbonyl (C=O) groups is 2. The number of nitrogens with one attached hydrogen (secondary N) is 3. The van der Waals surface area contributed by atoms with Crippen LogP contribution in [-0.4, -0.2) is 27.3 Å². The van der Waals surface area contributed by atoms with Crippen LogP contribution in [0, 0.1) is 6.92 Å². The third-order valence-corrected chi connectivity index (χ3v) is 6.25. The second-order valence-electron chi connectivity index (χ2n) is 6.73. The molecule has 3 aromatic rings. The number of rotatable bonds is 6. The number of hydrogen-bond acceptors (Lipinski definition) is 5. The van der Waals surface area contributed by atoms with Crippen molar-refractivity contribution in [1.29, 1.82) is 0 Å². The Balaban J connectivity index is 1.78. The van der Waals surface area contributed by atoms with Gasteiger partial charge in [0.2, 0.25) is 0 Å². The third-order valence-electron chi connectivity index (χ3n) is 4.40. The molecule has 0 bridgehead atoms. The Kier molecular flexibility index (Phi) is 7.01. The van der Waals surface area contributed by atoms with Crippen LogP contribution in [0.3, 0.4) is 0 Å². The Labute approximate surface area is 190 Å². The molecule has 0 radical (unpaired) electrons. The van der Waals surface area contributed by atoms with E-state index in [0.29, 0.717) is 11.3 Å². The first-order valence-electron chi connectivity index (χ1n) is 9.34. The van der Waals surface area contributed by atoms with Crippen molar-refractivity contribution in [2.24, 2.45) is 0 Å². The topological polar surface area (TPSA) is 114 Å². The maximum Gasteiger partial charge on any atom is 0.269 e. The van der Waals surface area contributed by atoms with Crippen molar-refractivity contribution in [2.45, 2.75) is 11.8 Å². The molecular weight excluding hydrogens is 454 g/mol. The number of hydrogen-bond donors (Lipinski definition) is 3. The molecule has 0 saturated carbocycles. The summed E-state index contributed by atoms with van der Waals surface area (Å²) < 4.78 is 33.3. The molecule has 3 N–H and O–H groups in total. The molecule has 0 fully saturated rings. The predicted molar refractivity (Wildman–Crippen MR) is 121 cm³/mol. The van der Waals surface area contributed by atoms with E-state index in [1.165, 1.54) is 25.3 Å². The van der Waals surface area contributed by atoms with Crippen LogP contribution >= 0.6 is 11.6 Å². The van der Waals surface area contributed by atoms with Crippen LogP contribution in [0.15, 0.2) is 71.6 Å². The number of halogens is 1. The lowest BCUT2D eigenvalue weighted by molar-refractivity contribution is 0.0846. The molecule has 0 aromatic heterocycles. The summed E-state index contributed by atoms with van der Waals surface area (Å²) in [6, 6.07) is 17.0. The van der Waals surface area contributed by atoms with Gasteiger partial charge in [0.25, 0.3) is 21.8 Å². The van der Waals surface area contributed by atoms with Gasteiger partial charge in [-0.1, -0.05) is 41.4 Å². The molecule has 0 aliphatic carbocycles. The second-order valence-corrected chi connectivity index (χ2v) is 8.79. The smallest absolute Gasteiger partial charge is 0.269 e. The van der Waals surface area contributed by atoms with E-state index in [2.05, 4.69) is 15.6 Å². The fraction of sp³-hybridized carbons (Fsp3) is 0.0909. The van der Waals surface area contributed by atoms with Gasteiger partial charge in [-0.25, -0.2) is 8.42 Å². The number of anilines is 1. The Morgan fingerprint density at radius 1 is 0.875 bits per heavy atom. The van der Waals surface area contributed by atoms with E-state index < -0.39 is 21.8 Å². The fourth-order valence-corrected chi connectivity index (χ4v) is 4.42. The van der Waals surface area contributed by atoms with Crippen molar-refractivity contribution in [1.82, 2.24) is 10.9 Å². The van der Waals surface area contributed by atoms with Crippen LogP contribution in [0.25, 0.3) is 0 Å². The minimum absolute atomic E-state index is 0.0145. The van der Waals surface area contributed by atoms with Crippen molar-refractivity contribution in [3.8, 4) is 5.75 Å². The third kappa shape index (κ3) is 5.37. The van der Waals surface area contributed by atoms with Crippen molar-refractivity contribution >= 4 is 39.1 Å². The number of ether oxygens (including phenoxy) is 1. The summed E-state index contributed by atoms with van der Waals surface area (Å²) in [5.41, 5.74) is 6.02. The van der Waals surface area contributed by atoms with Gasteiger partial charge in [-0.15, -0.1) is 0 Å². The van der Waals surface area contributed by atoms with Gasteiger partial charge in [0, 0.05) is 11.1 Å². The maximum absolute atomic E-state index is 12.9. The summed E-state index contributed by atoms with van der Waals surface area (Å²) in [5, 5.41) is -0.0762. The van der Waals surface area contributed by atoms with Crippen molar-refractivity contribution in [3.05, 3.63) is 88.4 Å². The normalized spacial score (nSPS) is 10.8. The lowest BCUT2D eigenvalue weighted by Gasteiger charge is -2.13. The lowest BCUT2D eigenvalue weighted by Crippen LogP contribution is -2.41. The van der Waals surface area contributed by atoms with Gasteiger partial charge >= 0.3 is 0 Å². The zero-order valence-corrected chi connectivity index (χ0v) is 18.8. The number of sulfonamides is 1. The molecule has 0 unspecified atom stereocenters. The van der Waals surface area contributed by atoms with E-state index in [4.69, 9.17) is 16.3 Å². The molecule has 10 heteroatoms. The summed E-state index contributed by atoms with van der Waals surface area (Å²) in [6.45, 7) is 1.84. The first kappa shape index (κ1) is 23.1. The first-order chi connectivity index (χ1) is 15.2. The summed E-state index contributed by atoms with van der Waals surface area (Å²) in [7, 11) is -2.73. The standard InChI is InChI=1S/C22H20ClN3O5S/c1-14-6-5-7-15(12-14)21(27)24-25-22(28)16-10-11-17(23)20(13-16)32(29,30)26-18-8-3-4-9-19(18)31-2/h3-13,26H,1-2H3,(H,24,27)(H,25,28). The van der Waals surface area contributed by atoms with Crippen LogP contribution in [0.4, 0.5) is 5.69 Å². The molecule has 166 valence electrons. The van der Waals surface area contributed by atoms with E-state index in [1.54, 1.807) is 36.4 Å². The lowest BCUT2D eigenvalue weighted by atomic mass is 10.1. The molecule has 0 saturated heterocycles. The summed E-state index contributed by atoms with van der Waals surface area (Å²) in [4.78, 5) is 24.4. The molecular formula is C22H20ClN3O5S. The summed E-state index contributed by atoms with van der Waals surface area (Å²) >= 11 is 6.10. The molecule has 0 aliphatic rings. The quantitative estimate of drug-likeness (QED) is 0.474. The molecule has 32 heavy (non-hydrogen) atoms.